The maximum Gasteiger partial charge on any atom is 0.251 e. The van der Waals surface area contributed by atoms with E-state index in [-0.39, 0.29) is 18.1 Å². The molecule has 4 atom stereocenters. The average Bonchev–Trinajstić information content (AvgIpc) is 3.17. The molecular weight excluding hydrogens is 408 g/mol. The summed E-state index contributed by atoms with van der Waals surface area (Å²) in [6, 6.07) is 13.4. The number of hydrogen-bond acceptors (Lipinski definition) is 6. The second-order valence-electron chi connectivity index (χ2n) is 8.90. The van der Waals surface area contributed by atoms with Crippen molar-refractivity contribution in [1.29, 1.82) is 0 Å². The molecule has 170 valence electrons. The second-order valence-corrected chi connectivity index (χ2v) is 8.90. The van der Waals surface area contributed by atoms with Gasteiger partial charge in [-0.2, -0.15) is 0 Å². The summed E-state index contributed by atoms with van der Waals surface area (Å²) < 4.78 is 22.9. The number of piperidine rings is 1. The van der Waals surface area contributed by atoms with E-state index in [0.717, 1.165) is 36.7 Å². The Labute approximate surface area is 188 Å². The third kappa shape index (κ3) is 4.84. The van der Waals surface area contributed by atoms with Crippen LogP contribution in [0, 0.1) is 5.92 Å². The second kappa shape index (κ2) is 9.38. The first-order valence-corrected chi connectivity index (χ1v) is 11.3. The van der Waals surface area contributed by atoms with Gasteiger partial charge < -0.3 is 29.2 Å². The molecule has 0 aromatic heterocycles. The van der Waals surface area contributed by atoms with Gasteiger partial charge in [0.1, 0.15) is 12.4 Å². The minimum absolute atomic E-state index is 0.0474. The first kappa shape index (κ1) is 21.1. The number of amides is 1. The van der Waals surface area contributed by atoms with Crippen LogP contribution in [0.15, 0.2) is 42.5 Å². The molecule has 1 N–H and O–H groups in total. The summed E-state index contributed by atoms with van der Waals surface area (Å²) in [5.41, 5.74) is 1.68. The first-order valence-electron chi connectivity index (χ1n) is 11.3. The Morgan fingerprint density at radius 3 is 2.84 bits per heavy atom. The Hall–Kier alpha value is -2.77. The van der Waals surface area contributed by atoms with Crippen molar-refractivity contribution < 1.29 is 23.7 Å². The Morgan fingerprint density at radius 2 is 2.03 bits per heavy atom. The minimum atomic E-state index is -0.188. The van der Waals surface area contributed by atoms with E-state index in [4.69, 9.17) is 18.9 Å². The van der Waals surface area contributed by atoms with Gasteiger partial charge in [-0.1, -0.05) is 12.1 Å². The SMILES string of the molecule is COc1ccc(COC[C@@H]2COc3cc(C(=O)N[C@@H]4C[C@H]5CCN(C5)C4)ccc3O2)cc1. The van der Waals surface area contributed by atoms with E-state index in [1.54, 1.807) is 19.2 Å². The zero-order valence-electron chi connectivity index (χ0n) is 18.4. The molecule has 5 rings (SSSR count). The molecule has 0 aliphatic carbocycles. The van der Waals surface area contributed by atoms with Crippen LogP contribution in [0.2, 0.25) is 0 Å². The van der Waals surface area contributed by atoms with Gasteiger partial charge in [0.2, 0.25) is 0 Å². The summed E-state index contributed by atoms with van der Waals surface area (Å²) in [7, 11) is 1.65. The van der Waals surface area contributed by atoms with Crippen LogP contribution in [0.3, 0.4) is 0 Å². The van der Waals surface area contributed by atoms with Gasteiger partial charge in [-0.25, -0.2) is 0 Å². The Balaban J connectivity index is 1.11. The number of benzene rings is 2. The minimum Gasteiger partial charge on any atom is -0.497 e. The molecule has 2 bridgehead atoms. The molecule has 32 heavy (non-hydrogen) atoms. The number of rotatable bonds is 7. The summed E-state index contributed by atoms with van der Waals surface area (Å²) in [6.45, 7) is 4.60. The van der Waals surface area contributed by atoms with Gasteiger partial charge in [0.25, 0.3) is 5.91 Å². The molecule has 2 aromatic rings. The molecule has 3 aliphatic heterocycles. The molecule has 1 amide bonds. The van der Waals surface area contributed by atoms with Crippen molar-refractivity contribution >= 4 is 5.91 Å². The quantitative estimate of drug-likeness (QED) is 0.717. The monoisotopic (exact) mass is 438 g/mol. The highest BCUT2D eigenvalue weighted by atomic mass is 16.6. The summed E-state index contributed by atoms with van der Waals surface area (Å²) in [6.07, 6.45) is 2.14. The molecule has 2 aromatic carbocycles. The first-order chi connectivity index (χ1) is 15.7. The van der Waals surface area contributed by atoms with E-state index in [0.29, 0.717) is 36.9 Å². The lowest BCUT2D eigenvalue weighted by Crippen LogP contribution is -2.47. The summed E-state index contributed by atoms with van der Waals surface area (Å²) in [5.74, 6) is 2.75. The Morgan fingerprint density at radius 1 is 1.16 bits per heavy atom. The summed E-state index contributed by atoms with van der Waals surface area (Å²) in [4.78, 5) is 15.2. The van der Waals surface area contributed by atoms with Gasteiger partial charge in [0, 0.05) is 24.7 Å². The molecule has 7 heteroatoms. The molecule has 0 radical (unpaired) electrons. The van der Waals surface area contributed by atoms with E-state index < -0.39 is 0 Å². The van der Waals surface area contributed by atoms with Crippen LogP contribution in [0.25, 0.3) is 0 Å². The van der Waals surface area contributed by atoms with Crippen molar-refractivity contribution in [3.63, 3.8) is 0 Å². The maximum atomic E-state index is 12.8. The third-order valence-corrected chi connectivity index (χ3v) is 6.46. The number of nitrogens with zero attached hydrogens (tertiary/aromatic N) is 1. The Bertz CT molecular complexity index is 936. The van der Waals surface area contributed by atoms with E-state index in [9.17, 15) is 4.79 Å². The number of methoxy groups -OCH3 is 1. The van der Waals surface area contributed by atoms with Crippen LogP contribution in [0.5, 0.6) is 17.2 Å². The van der Waals surface area contributed by atoms with Crippen LogP contribution in [0.4, 0.5) is 0 Å². The zero-order valence-corrected chi connectivity index (χ0v) is 18.4. The highest BCUT2D eigenvalue weighted by Gasteiger charge is 2.33. The fraction of sp³-hybridized carbons (Fsp3) is 0.480. The number of carbonyl (C=O) groups excluding carboxylic acids is 1. The molecular formula is C25H30N2O5. The lowest BCUT2D eigenvalue weighted by molar-refractivity contribution is 0.00267. The van der Waals surface area contributed by atoms with E-state index in [1.807, 2.05) is 30.3 Å². The zero-order chi connectivity index (χ0) is 21.9. The lowest BCUT2D eigenvalue weighted by Gasteiger charge is -2.30. The predicted octanol–water partition coefficient (Wildman–Crippen LogP) is 2.88. The lowest BCUT2D eigenvalue weighted by atomic mass is 9.96. The van der Waals surface area contributed by atoms with E-state index in [2.05, 4.69) is 10.2 Å². The van der Waals surface area contributed by atoms with Gasteiger partial charge in [-0.3, -0.25) is 4.79 Å². The van der Waals surface area contributed by atoms with Gasteiger partial charge in [0.15, 0.2) is 17.6 Å². The van der Waals surface area contributed by atoms with Crippen molar-refractivity contribution in [2.45, 2.75) is 31.6 Å². The molecule has 0 spiro atoms. The van der Waals surface area contributed by atoms with E-state index >= 15 is 0 Å². The molecule has 0 saturated carbocycles. The average molecular weight is 439 g/mol. The number of hydrogen-bond donors (Lipinski definition) is 1. The Kier molecular flexibility index (Phi) is 6.19. The number of nitrogens with one attached hydrogen (secondary N) is 1. The molecule has 2 saturated heterocycles. The normalized spacial score (nSPS) is 25.9. The molecule has 7 nitrogen and oxygen atoms in total. The number of fused-ring (bicyclic) bond motifs is 3. The summed E-state index contributed by atoms with van der Waals surface area (Å²) in [5, 5.41) is 3.20. The van der Waals surface area contributed by atoms with Gasteiger partial charge in [-0.05, 0) is 61.2 Å². The fourth-order valence-electron chi connectivity index (χ4n) is 4.80. The third-order valence-electron chi connectivity index (χ3n) is 6.46. The number of carbonyl (C=O) groups is 1. The molecule has 1 unspecified atom stereocenters. The smallest absolute Gasteiger partial charge is 0.251 e. The van der Waals surface area contributed by atoms with E-state index in [1.165, 1.54) is 13.0 Å². The fourth-order valence-corrected chi connectivity index (χ4v) is 4.80. The number of ether oxygens (including phenoxy) is 4. The molecule has 3 heterocycles. The van der Waals surface area contributed by atoms with Gasteiger partial charge >= 0.3 is 0 Å². The van der Waals surface area contributed by atoms with Crippen molar-refractivity contribution in [2.75, 3.05) is 40.0 Å². The van der Waals surface area contributed by atoms with Crippen LogP contribution >= 0.6 is 0 Å². The van der Waals surface area contributed by atoms with Crippen LogP contribution in [-0.2, 0) is 11.3 Å². The van der Waals surface area contributed by atoms with Crippen LogP contribution in [-0.4, -0.2) is 62.9 Å². The maximum absolute atomic E-state index is 12.8. The van der Waals surface area contributed by atoms with Crippen molar-refractivity contribution in [3.8, 4) is 17.2 Å². The molecule has 2 fully saturated rings. The van der Waals surface area contributed by atoms with Gasteiger partial charge in [0.05, 0.1) is 20.3 Å². The highest BCUT2D eigenvalue weighted by Crippen LogP contribution is 2.33. The largest absolute Gasteiger partial charge is 0.497 e. The standard InChI is InChI=1S/C25H30N2O5/c1-29-21-5-2-17(3-6-21)14-30-15-22-16-31-24-11-19(4-7-23(24)32-22)25(28)26-20-10-18-8-9-27(12-18)13-20/h2-7,11,18,20,22H,8-10,12-16H2,1H3,(H,26,28)/t18-,20-,22-/m1/s1. The highest BCUT2D eigenvalue weighted by molar-refractivity contribution is 5.95. The van der Waals surface area contributed by atoms with Crippen molar-refractivity contribution in [1.82, 2.24) is 10.2 Å². The van der Waals surface area contributed by atoms with Crippen molar-refractivity contribution in [3.05, 3.63) is 53.6 Å². The van der Waals surface area contributed by atoms with Crippen LogP contribution < -0.4 is 19.5 Å². The van der Waals surface area contributed by atoms with Crippen LogP contribution in [0.1, 0.15) is 28.8 Å². The predicted molar refractivity (Wildman–Crippen MR) is 119 cm³/mol. The molecule has 3 aliphatic rings. The van der Waals surface area contributed by atoms with Crippen molar-refractivity contribution in [2.24, 2.45) is 5.92 Å². The summed E-state index contributed by atoms with van der Waals surface area (Å²) >= 11 is 0. The van der Waals surface area contributed by atoms with Gasteiger partial charge in [-0.15, -0.1) is 0 Å². The topological polar surface area (TPSA) is 69.3 Å².